The van der Waals surface area contributed by atoms with Crippen LogP contribution in [-0.2, 0) is 13.0 Å². The van der Waals surface area contributed by atoms with Crippen LogP contribution in [-0.4, -0.2) is 32.3 Å². The molecule has 2 N–H and O–H groups in total. The number of halogens is 1. The summed E-state index contributed by atoms with van der Waals surface area (Å²) in [6, 6.07) is 16.9. The molecule has 1 unspecified atom stereocenters. The molecule has 2 heterocycles. The number of aromatic nitrogens is 3. The van der Waals surface area contributed by atoms with Gasteiger partial charge in [-0.15, -0.1) is 0 Å². The molecule has 0 radical (unpaired) electrons. The standard InChI is InChI=1S/C28H29FN4O2/c1-3-33-18-25(27(32-33)20-8-10-22(29)11-9-20)21-13-15-30-23(17-21)16-19(2)12-14-31-28(35)24-6-4-5-7-26(24)34/h4-11,13,15,17-19,34H,3,12,14,16H2,1-2H3,(H,31,35). The van der Waals surface area contributed by atoms with Gasteiger partial charge in [-0.05, 0) is 79.8 Å². The van der Waals surface area contributed by atoms with Gasteiger partial charge in [-0.1, -0.05) is 19.1 Å². The molecule has 180 valence electrons. The van der Waals surface area contributed by atoms with Crippen LogP contribution in [0, 0.1) is 11.7 Å². The van der Waals surface area contributed by atoms with Crippen molar-refractivity contribution in [2.45, 2.75) is 33.2 Å². The molecule has 6 nitrogen and oxygen atoms in total. The van der Waals surface area contributed by atoms with Crippen LogP contribution in [0.3, 0.4) is 0 Å². The van der Waals surface area contributed by atoms with Gasteiger partial charge in [0.25, 0.3) is 5.91 Å². The van der Waals surface area contributed by atoms with E-state index in [-0.39, 0.29) is 29.0 Å². The van der Waals surface area contributed by atoms with Crippen molar-refractivity contribution >= 4 is 5.91 Å². The Kier molecular flexibility index (Phi) is 7.55. The first kappa shape index (κ1) is 24.1. The summed E-state index contributed by atoms with van der Waals surface area (Å²) in [6.45, 7) is 5.39. The molecule has 1 atom stereocenters. The van der Waals surface area contributed by atoms with Crippen LogP contribution in [0.2, 0.25) is 0 Å². The molecule has 0 fully saturated rings. The molecular weight excluding hydrogens is 443 g/mol. The Balaban J connectivity index is 1.43. The van der Waals surface area contributed by atoms with Gasteiger partial charge in [-0.3, -0.25) is 14.5 Å². The molecule has 2 aromatic carbocycles. The lowest BCUT2D eigenvalue weighted by Gasteiger charge is -2.13. The summed E-state index contributed by atoms with van der Waals surface area (Å²) in [5, 5.41) is 17.4. The molecular formula is C28H29FN4O2. The number of para-hydroxylation sites is 1. The summed E-state index contributed by atoms with van der Waals surface area (Å²) in [5.74, 6) is -0.290. The van der Waals surface area contributed by atoms with Crippen LogP contribution < -0.4 is 5.32 Å². The van der Waals surface area contributed by atoms with Crippen molar-refractivity contribution in [3.63, 3.8) is 0 Å². The molecule has 0 aliphatic carbocycles. The first-order valence-corrected chi connectivity index (χ1v) is 11.8. The van der Waals surface area contributed by atoms with Crippen LogP contribution in [0.15, 0.2) is 73.1 Å². The van der Waals surface area contributed by atoms with Gasteiger partial charge < -0.3 is 10.4 Å². The average molecular weight is 473 g/mol. The highest BCUT2D eigenvalue weighted by atomic mass is 19.1. The molecule has 2 aromatic heterocycles. The van der Waals surface area contributed by atoms with E-state index in [1.54, 1.807) is 36.5 Å². The number of rotatable bonds is 9. The van der Waals surface area contributed by atoms with Crippen molar-refractivity contribution in [1.29, 1.82) is 0 Å². The summed E-state index contributed by atoms with van der Waals surface area (Å²) >= 11 is 0. The second kappa shape index (κ2) is 11.0. The normalized spacial score (nSPS) is 11.9. The molecule has 7 heteroatoms. The molecule has 35 heavy (non-hydrogen) atoms. The zero-order valence-electron chi connectivity index (χ0n) is 19.9. The van der Waals surface area contributed by atoms with E-state index in [2.05, 4.69) is 23.3 Å². The Labute approximate surface area is 204 Å². The number of phenols is 1. The molecule has 0 aliphatic heterocycles. The summed E-state index contributed by atoms with van der Waals surface area (Å²) in [4.78, 5) is 16.8. The molecule has 0 aliphatic rings. The average Bonchev–Trinajstić information content (AvgIpc) is 3.29. The zero-order chi connectivity index (χ0) is 24.8. The molecule has 0 saturated heterocycles. The fourth-order valence-electron chi connectivity index (χ4n) is 4.02. The Bertz CT molecular complexity index is 1300. The fraction of sp³-hybridized carbons (Fsp3) is 0.250. The molecule has 1 amide bonds. The van der Waals surface area contributed by atoms with Crippen LogP contribution in [0.1, 0.15) is 36.3 Å². The number of hydrogen-bond acceptors (Lipinski definition) is 4. The van der Waals surface area contributed by atoms with Crippen LogP contribution >= 0.6 is 0 Å². The van der Waals surface area contributed by atoms with Gasteiger partial charge in [0.05, 0.1) is 5.56 Å². The predicted octanol–water partition coefficient (Wildman–Crippen LogP) is 5.48. The quantitative estimate of drug-likeness (QED) is 0.338. The minimum atomic E-state index is -0.281. The van der Waals surface area contributed by atoms with Crippen molar-refractivity contribution in [3.8, 4) is 28.1 Å². The van der Waals surface area contributed by atoms with Crippen molar-refractivity contribution < 1.29 is 14.3 Å². The van der Waals surface area contributed by atoms with E-state index in [1.807, 2.05) is 23.9 Å². The zero-order valence-corrected chi connectivity index (χ0v) is 19.9. The van der Waals surface area contributed by atoms with Gasteiger partial charge in [-0.25, -0.2) is 4.39 Å². The number of hydrogen-bond donors (Lipinski definition) is 2. The lowest BCUT2D eigenvalue weighted by molar-refractivity contribution is 0.0949. The maximum atomic E-state index is 13.4. The highest BCUT2D eigenvalue weighted by molar-refractivity contribution is 5.96. The van der Waals surface area contributed by atoms with Crippen molar-refractivity contribution in [1.82, 2.24) is 20.1 Å². The van der Waals surface area contributed by atoms with E-state index >= 15 is 0 Å². The molecule has 4 rings (SSSR count). The Morgan fingerprint density at radius 2 is 1.89 bits per heavy atom. The minimum absolute atomic E-state index is 0.0227. The topological polar surface area (TPSA) is 80.0 Å². The third-order valence-corrected chi connectivity index (χ3v) is 5.96. The van der Waals surface area contributed by atoms with E-state index in [1.165, 1.54) is 18.2 Å². The number of phenolic OH excluding ortho intramolecular Hbond substituents is 1. The van der Waals surface area contributed by atoms with Gasteiger partial charge in [-0.2, -0.15) is 5.10 Å². The van der Waals surface area contributed by atoms with Gasteiger partial charge in [0.15, 0.2) is 0 Å². The first-order valence-electron chi connectivity index (χ1n) is 11.8. The van der Waals surface area contributed by atoms with Gasteiger partial charge in [0, 0.05) is 42.3 Å². The van der Waals surface area contributed by atoms with E-state index in [0.29, 0.717) is 6.54 Å². The highest BCUT2D eigenvalue weighted by Crippen LogP contribution is 2.31. The minimum Gasteiger partial charge on any atom is -0.507 e. The monoisotopic (exact) mass is 472 g/mol. The molecule has 0 bridgehead atoms. The van der Waals surface area contributed by atoms with E-state index in [9.17, 15) is 14.3 Å². The maximum absolute atomic E-state index is 13.4. The number of benzene rings is 2. The number of carbonyl (C=O) groups is 1. The van der Waals surface area contributed by atoms with Crippen molar-refractivity contribution in [2.75, 3.05) is 6.54 Å². The third kappa shape index (κ3) is 5.93. The van der Waals surface area contributed by atoms with E-state index in [0.717, 1.165) is 47.5 Å². The largest absolute Gasteiger partial charge is 0.507 e. The number of carbonyl (C=O) groups excluding carboxylic acids is 1. The second-order valence-corrected chi connectivity index (χ2v) is 8.66. The summed E-state index contributed by atoms with van der Waals surface area (Å²) in [7, 11) is 0. The first-order chi connectivity index (χ1) is 16.9. The molecule has 0 spiro atoms. The van der Waals surface area contributed by atoms with Crippen molar-refractivity contribution in [2.24, 2.45) is 5.92 Å². The van der Waals surface area contributed by atoms with Crippen LogP contribution in [0.4, 0.5) is 4.39 Å². The molecule has 0 saturated carbocycles. The third-order valence-electron chi connectivity index (χ3n) is 5.96. The Hall–Kier alpha value is -4.00. The van der Waals surface area contributed by atoms with Crippen LogP contribution in [0.25, 0.3) is 22.4 Å². The number of aromatic hydroxyl groups is 1. The lowest BCUT2D eigenvalue weighted by Crippen LogP contribution is -2.26. The van der Waals surface area contributed by atoms with E-state index in [4.69, 9.17) is 5.10 Å². The van der Waals surface area contributed by atoms with Crippen LogP contribution in [0.5, 0.6) is 5.75 Å². The Morgan fingerprint density at radius 1 is 1.11 bits per heavy atom. The van der Waals surface area contributed by atoms with E-state index < -0.39 is 0 Å². The number of nitrogens with one attached hydrogen (secondary N) is 1. The summed E-state index contributed by atoms with van der Waals surface area (Å²) in [6.07, 6.45) is 5.35. The SMILES string of the molecule is CCn1cc(-c2ccnc(CC(C)CCNC(=O)c3ccccc3O)c2)c(-c2ccc(F)cc2)n1. The number of pyridine rings is 1. The fourth-order valence-corrected chi connectivity index (χ4v) is 4.02. The second-order valence-electron chi connectivity index (χ2n) is 8.66. The predicted molar refractivity (Wildman–Crippen MR) is 134 cm³/mol. The smallest absolute Gasteiger partial charge is 0.255 e. The van der Waals surface area contributed by atoms with Gasteiger partial charge in [0.1, 0.15) is 17.3 Å². The highest BCUT2D eigenvalue weighted by Gasteiger charge is 2.15. The summed E-state index contributed by atoms with van der Waals surface area (Å²) in [5.41, 5.74) is 4.89. The lowest BCUT2D eigenvalue weighted by atomic mass is 9.98. The Morgan fingerprint density at radius 3 is 2.63 bits per heavy atom. The maximum Gasteiger partial charge on any atom is 0.255 e. The van der Waals surface area contributed by atoms with Gasteiger partial charge in [0.2, 0.25) is 0 Å². The van der Waals surface area contributed by atoms with Gasteiger partial charge >= 0.3 is 0 Å². The number of nitrogens with zero attached hydrogens (tertiary/aromatic N) is 3. The van der Waals surface area contributed by atoms with Crippen molar-refractivity contribution in [3.05, 3.63) is 90.1 Å². The number of amides is 1. The number of aryl methyl sites for hydroxylation is 1. The molecule has 4 aromatic rings. The summed E-state index contributed by atoms with van der Waals surface area (Å²) < 4.78 is 15.3.